The molecule has 124 valence electrons. The molecule has 0 atom stereocenters. The van der Waals surface area contributed by atoms with Crippen LogP contribution in [0, 0.1) is 13.8 Å². The fourth-order valence-electron chi connectivity index (χ4n) is 2.79. The van der Waals surface area contributed by atoms with E-state index in [2.05, 4.69) is 5.10 Å². The van der Waals surface area contributed by atoms with Crippen molar-refractivity contribution >= 4 is 5.91 Å². The van der Waals surface area contributed by atoms with Gasteiger partial charge in [0.05, 0.1) is 12.3 Å². The standard InChI is InChI=1S/C18H25N3O2/c1-14-17(15(2)20(3)19-14)9-10-18(23)21(11-12-22)13-16-7-5-4-6-8-16/h4-8,22H,9-13H2,1-3H3. The second-order valence-electron chi connectivity index (χ2n) is 5.80. The zero-order chi connectivity index (χ0) is 16.8. The van der Waals surface area contributed by atoms with Crippen LogP contribution in [-0.2, 0) is 24.8 Å². The minimum atomic E-state index is -0.0243. The van der Waals surface area contributed by atoms with Crippen LogP contribution in [0.2, 0.25) is 0 Å². The van der Waals surface area contributed by atoms with Crippen LogP contribution < -0.4 is 0 Å². The van der Waals surface area contributed by atoms with Crippen LogP contribution in [0.25, 0.3) is 0 Å². The smallest absolute Gasteiger partial charge is 0.223 e. The van der Waals surface area contributed by atoms with Crippen molar-refractivity contribution in [2.75, 3.05) is 13.2 Å². The molecular formula is C18H25N3O2. The van der Waals surface area contributed by atoms with Crippen molar-refractivity contribution in [1.29, 1.82) is 0 Å². The van der Waals surface area contributed by atoms with Crippen molar-refractivity contribution in [3.05, 3.63) is 52.8 Å². The quantitative estimate of drug-likeness (QED) is 0.850. The molecule has 0 unspecified atom stereocenters. The fourth-order valence-corrected chi connectivity index (χ4v) is 2.79. The number of rotatable bonds is 7. The number of hydrogen-bond donors (Lipinski definition) is 1. The first-order chi connectivity index (χ1) is 11.0. The van der Waals surface area contributed by atoms with Crippen molar-refractivity contribution < 1.29 is 9.90 Å². The normalized spacial score (nSPS) is 10.8. The van der Waals surface area contributed by atoms with E-state index in [0.717, 1.165) is 22.5 Å². The van der Waals surface area contributed by atoms with Gasteiger partial charge in [0, 0.05) is 32.3 Å². The lowest BCUT2D eigenvalue weighted by Crippen LogP contribution is -2.33. The lowest BCUT2D eigenvalue weighted by Gasteiger charge is -2.22. The van der Waals surface area contributed by atoms with E-state index in [0.29, 0.717) is 25.9 Å². The highest BCUT2D eigenvalue weighted by atomic mass is 16.3. The summed E-state index contributed by atoms with van der Waals surface area (Å²) >= 11 is 0. The Labute approximate surface area is 137 Å². The summed E-state index contributed by atoms with van der Waals surface area (Å²) in [5.74, 6) is 0.0607. The molecule has 0 aliphatic rings. The fraction of sp³-hybridized carbons (Fsp3) is 0.444. The van der Waals surface area contributed by atoms with Crippen molar-refractivity contribution in [3.8, 4) is 0 Å². The van der Waals surface area contributed by atoms with E-state index in [1.165, 1.54) is 0 Å². The third-order valence-corrected chi connectivity index (χ3v) is 4.19. The highest BCUT2D eigenvalue weighted by Gasteiger charge is 2.16. The number of amides is 1. The highest BCUT2D eigenvalue weighted by molar-refractivity contribution is 5.76. The Hall–Kier alpha value is -2.14. The van der Waals surface area contributed by atoms with Gasteiger partial charge < -0.3 is 10.0 Å². The van der Waals surface area contributed by atoms with Gasteiger partial charge in [-0.1, -0.05) is 30.3 Å². The topological polar surface area (TPSA) is 58.4 Å². The van der Waals surface area contributed by atoms with Crippen LogP contribution in [0.1, 0.15) is 28.9 Å². The monoisotopic (exact) mass is 315 g/mol. The summed E-state index contributed by atoms with van der Waals surface area (Å²) in [4.78, 5) is 14.2. The molecule has 23 heavy (non-hydrogen) atoms. The maximum absolute atomic E-state index is 12.5. The summed E-state index contributed by atoms with van der Waals surface area (Å²) in [7, 11) is 1.92. The first kappa shape index (κ1) is 17.2. The number of carbonyl (C=O) groups excluding carboxylic acids is 1. The average Bonchev–Trinajstić information content (AvgIpc) is 2.78. The van der Waals surface area contributed by atoms with Crippen LogP contribution in [-0.4, -0.2) is 38.8 Å². The van der Waals surface area contributed by atoms with Gasteiger partial charge in [0.1, 0.15) is 0 Å². The molecule has 1 amide bonds. The molecule has 5 heteroatoms. The van der Waals surface area contributed by atoms with E-state index >= 15 is 0 Å². The number of aliphatic hydroxyl groups excluding tert-OH is 1. The van der Waals surface area contributed by atoms with Gasteiger partial charge >= 0.3 is 0 Å². The largest absolute Gasteiger partial charge is 0.395 e. The van der Waals surface area contributed by atoms with Gasteiger partial charge in [0.2, 0.25) is 5.91 Å². The molecule has 1 N–H and O–H groups in total. The van der Waals surface area contributed by atoms with E-state index < -0.39 is 0 Å². The highest BCUT2D eigenvalue weighted by Crippen LogP contribution is 2.15. The summed E-state index contributed by atoms with van der Waals surface area (Å²) in [6.45, 7) is 4.87. The predicted octanol–water partition coefficient (Wildman–Crippen LogP) is 1.99. The second-order valence-corrected chi connectivity index (χ2v) is 5.80. The van der Waals surface area contributed by atoms with Gasteiger partial charge in [0.15, 0.2) is 0 Å². The first-order valence-corrected chi connectivity index (χ1v) is 7.94. The summed E-state index contributed by atoms with van der Waals surface area (Å²) in [6, 6.07) is 9.86. The molecule has 0 radical (unpaired) electrons. The molecule has 1 aromatic carbocycles. The van der Waals surface area contributed by atoms with Gasteiger partial charge in [-0.05, 0) is 31.4 Å². The van der Waals surface area contributed by atoms with E-state index in [1.54, 1.807) is 4.90 Å². The third-order valence-electron chi connectivity index (χ3n) is 4.19. The summed E-state index contributed by atoms with van der Waals surface area (Å²) < 4.78 is 1.85. The van der Waals surface area contributed by atoms with Crippen LogP contribution in [0.4, 0.5) is 0 Å². The van der Waals surface area contributed by atoms with E-state index in [9.17, 15) is 9.90 Å². The molecule has 2 aromatic rings. The molecule has 0 spiro atoms. The predicted molar refractivity (Wildman–Crippen MR) is 89.9 cm³/mol. The molecule has 0 saturated carbocycles. The molecule has 0 bridgehead atoms. The van der Waals surface area contributed by atoms with Gasteiger partial charge in [-0.3, -0.25) is 9.48 Å². The first-order valence-electron chi connectivity index (χ1n) is 7.94. The van der Waals surface area contributed by atoms with Gasteiger partial charge in [0.25, 0.3) is 0 Å². The maximum Gasteiger partial charge on any atom is 0.223 e. The number of nitrogens with zero attached hydrogens (tertiary/aromatic N) is 3. The molecule has 0 saturated heterocycles. The van der Waals surface area contributed by atoms with E-state index in [4.69, 9.17) is 0 Å². The molecule has 2 rings (SSSR count). The third kappa shape index (κ3) is 4.42. The Balaban J connectivity index is 2.00. The van der Waals surface area contributed by atoms with E-state index in [-0.39, 0.29) is 12.5 Å². The van der Waals surface area contributed by atoms with E-state index in [1.807, 2.05) is 55.9 Å². The molecule has 1 heterocycles. The van der Waals surface area contributed by atoms with Crippen LogP contribution in [0.15, 0.2) is 30.3 Å². The Morgan fingerprint density at radius 3 is 2.52 bits per heavy atom. The SMILES string of the molecule is Cc1nn(C)c(C)c1CCC(=O)N(CCO)Cc1ccccc1. The summed E-state index contributed by atoms with van der Waals surface area (Å²) in [5, 5.41) is 13.6. The average molecular weight is 315 g/mol. The molecule has 0 aliphatic heterocycles. The minimum Gasteiger partial charge on any atom is -0.395 e. The Morgan fingerprint density at radius 2 is 1.96 bits per heavy atom. The molecule has 0 fully saturated rings. The van der Waals surface area contributed by atoms with Crippen LogP contribution in [0.3, 0.4) is 0 Å². The van der Waals surface area contributed by atoms with Gasteiger partial charge in [-0.2, -0.15) is 5.10 Å². The Kier molecular flexibility index (Phi) is 5.93. The molecular weight excluding hydrogens is 290 g/mol. The van der Waals surface area contributed by atoms with Crippen molar-refractivity contribution in [2.24, 2.45) is 7.05 Å². The number of carbonyl (C=O) groups is 1. The van der Waals surface area contributed by atoms with Crippen molar-refractivity contribution in [1.82, 2.24) is 14.7 Å². The van der Waals surface area contributed by atoms with Crippen LogP contribution in [0.5, 0.6) is 0 Å². The zero-order valence-corrected chi connectivity index (χ0v) is 14.1. The number of aliphatic hydroxyl groups is 1. The number of aromatic nitrogens is 2. The number of aryl methyl sites for hydroxylation is 2. The number of benzene rings is 1. The maximum atomic E-state index is 12.5. The lowest BCUT2D eigenvalue weighted by molar-refractivity contribution is -0.132. The molecule has 5 nitrogen and oxygen atoms in total. The zero-order valence-electron chi connectivity index (χ0n) is 14.1. The second kappa shape index (κ2) is 7.92. The van der Waals surface area contributed by atoms with Crippen LogP contribution >= 0.6 is 0 Å². The van der Waals surface area contributed by atoms with Gasteiger partial charge in [-0.15, -0.1) is 0 Å². The van der Waals surface area contributed by atoms with Crippen molar-refractivity contribution in [3.63, 3.8) is 0 Å². The summed E-state index contributed by atoms with van der Waals surface area (Å²) in [6.07, 6.45) is 1.11. The van der Waals surface area contributed by atoms with Crippen molar-refractivity contribution in [2.45, 2.75) is 33.2 Å². The Bertz CT molecular complexity index is 650. The minimum absolute atomic E-state index is 0.0243. The Morgan fingerprint density at radius 1 is 1.26 bits per heavy atom. The molecule has 1 aromatic heterocycles. The lowest BCUT2D eigenvalue weighted by atomic mass is 10.1. The molecule has 0 aliphatic carbocycles. The van der Waals surface area contributed by atoms with Gasteiger partial charge in [-0.25, -0.2) is 0 Å². The summed E-state index contributed by atoms with van der Waals surface area (Å²) in [5.41, 5.74) is 4.30. The number of hydrogen-bond acceptors (Lipinski definition) is 3.